The number of nitrogens with one attached hydrogen (secondary N) is 2. The minimum Gasteiger partial charge on any atom is -0.338 e. The summed E-state index contributed by atoms with van der Waals surface area (Å²) in [5.41, 5.74) is 3.42. The molecule has 3 aromatic rings. The van der Waals surface area contributed by atoms with Crippen LogP contribution in [0.3, 0.4) is 0 Å². The van der Waals surface area contributed by atoms with Gasteiger partial charge in [-0.1, -0.05) is 18.1 Å². The van der Waals surface area contributed by atoms with Gasteiger partial charge in [0, 0.05) is 41.8 Å². The molecule has 0 saturated carbocycles. The molecular formula is C24H20N4O2. The summed E-state index contributed by atoms with van der Waals surface area (Å²) >= 11 is 0. The van der Waals surface area contributed by atoms with Crippen molar-refractivity contribution in [1.82, 2.24) is 10.3 Å². The first-order valence-corrected chi connectivity index (χ1v) is 9.69. The lowest BCUT2D eigenvalue weighted by Crippen LogP contribution is -2.46. The number of aromatic nitrogens is 1. The quantitative estimate of drug-likeness (QED) is 0.664. The highest BCUT2D eigenvalue weighted by molar-refractivity contribution is 6.04. The minimum atomic E-state index is -0.223. The van der Waals surface area contributed by atoms with Crippen LogP contribution in [0.15, 0.2) is 72.9 Å². The van der Waals surface area contributed by atoms with Crippen LogP contribution < -0.4 is 15.5 Å². The lowest BCUT2D eigenvalue weighted by atomic mass is 10.1. The van der Waals surface area contributed by atoms with E-state index in [-0.39, 0.29) is 11.9 Å². The number of pyridine rings is 1. The Morgan fingerprint density at radius 3 is 2.67 bits per heavy atom. The van der Waals surface area contributed by atoms with Crippen molar-refractivity contribution in [2.24, 2.45) is 0 Å². The topological polar surface area (TPSA) is 74.3 Å². The van der Waals surface area contributed by atoms with Gasteiger partial charge in [-0.05, 0) is 66.9 Å². The summed E-state index contributed by atoms with van der Waals surface area (Å²) in [4.78, 5) is 30.4. The van der Waals surface area contributed by atoms with Gasteiger partial charge in [0.25, 0.3) is 5.91 Å². The van der Waals surface area contributed by atoms with Crippen LogP contribution in [0, 0.1) is 11.8 Å². The molecule has 148 valence electrons. The SMILES string of the molecule is O=C(Nc1cccc(C#Cc2ccccn2)c1)c1ccc(N2CCCNC2=O)cc1. The van der Waals surface area contributed by atoms with E-state index < -0.39 is 0 Å². The maximum absolute atomic E-state index is 12.6. The molecule has 0 aliphatic carbocycles. The number of carbonyl (C=O) groups is 2. The molecule has 30 heavy (non-hydrogen) atoms. The van der Waals surface area contributed by atoms with E-state index in [4.69, 9.17) is 0 Å². The van der Waals surface area contributed by atoms with Crippen molar-refractivity contribution in [3.05, 3.63) is 89.7 Å². The van der Waals surface area contributed by atoms with Crippen LogP contribution in [0.5, 0.6) is 0 Å². The van der Waals surface area contributed by atoms with Crippen molar-refractivity contribution in [1.29, 1.82) is 0 Å². The first-order valence-electron chi connectivity index (χ1n) is 9.69. The summed E-state index contributed by atoms with van der Waals surface area (Å²) in [6.07, 6.45) is 2.59. The number of benzene rings is 2. The van der Waals surface area contributed by atoms with E-state index in [9.17, 15) is 9.59 Å². The lowest BCUT2D eigenvalue weighted by Gasteiger charge is -2.27. The Labute approximate surface area is 174 Å². The number of hydrogen-bond donors (Lipinski definition) is 2. The van der Waals surface area contributed by atoms with E-state index in [1.165, 1.54) is 0 Å². The molecule has 4 rings (SSSR count). The molecular weight excluding hydrogens is 376 g/mol. The standard InChI is InChI=1S/C24H20N4O2/c29-23(19-9-12-22(13-10-19)28-16-4-15-26-24(28)30)27-21-7-3-5-18(17-21)8-11-20-6-1-2-14-25-20/h1-3,5-7,9-10,12-14,17H,4,15-16H2,(H,26,30)(H,27,29). The second kappa shape index (κ2) is 8.93. The van der Waals surface area contributed by atoms with Crippen LogP contribution in [0.25, 0.3) is 0 Å². The Bertz CT molecular complexity index is 1120. The summed E-state index contributed by atoms with van der Waals surface area (Å²) in [5.74, 6) is 5.84. The third-order valence-corrected chi connectivity index (χ3v) is 4.64. The third kappa shape index (κ3) is 4.65. The van der Waals surface area contributed by atoms with E-state index in [1.807, 2.05) is 42.5 Å². The normalized spacial score (nSPS) is 13.1. The Morgan fingerprint density at radius 2 is 1.90 bits per heavy atom. The average Bonchev–Trinajstić information content (AvgIpc) is 2.79. The molecule has 0 spiro atoms. The summed E-state index contributed by atoms with van der Waals surface area (Å²) in [6, 6.07) is 19.8. The smallest absolute Gasteiger partial charge is 0.321 e. The molecule has 6 nitrogen and oxygen atoms in total. The van der Waals surface area contributed by atoms with Crippen LogP contribution >= 0.6 is 0 Å². The molecule has 2 N–H and O–H groups in total. The van der Waals surface area contributed by atoms with Crippen LogP contribution in [-0.2, 0) is 0 Å². The molecule has 1 fully saturated rings. The predicted octanol–water partition coefficient (Wildman–Crippen LogP) is 3.65. The second-order valence-electron chi connectivity index (χ2n) is 6.78. The molecule has 1 saturated heterocycles. The van der Waals surface area contributed by atoms with Gasteiger partial charge >= 0.3 is 6.03 Å². The van der Waals surface area contributed by atoms with Crippen LogP contribution in [0.4, 0.5) is 16.2 Å². The van der Waals surface area contributed by atoms with Crippen LogP contribution in [-0.4, -0.2) is 30.0 Å². The molecule has 1 aromatic heterocycles. The Hall–Kier alpha value is -4.11. The van der Waals surface area contributed by atoms with Gasteiger partial charge in [0.2, 0.25) is 0 Å². The van der Waals surface area contributed by atoms with E-state index in [0.29, 0.717) is 30.0 Å². The number of amides is 3. The van der Waals surface area contributed by atoms with Crippen molar-refractivity contribution in [3.8, 4) is 11.8 Å². The van der Waals surface area contributed by atoms with Gasteiger partial charge in [0.15, 0.2) is 0 Å². The van der Waals surface area contributed by atoms with Crippen molar-refractivity contribution in [3.63, 3.8) is 0 Å². The van der Waals surface area contributed by atoms with Crippen molar-refractivity contribution < 1.29 is 9.59 Å². The van der Waals surface area contributed by atoms with E-state index in [0.717, 1.165) is 17.7 Å². The Morgan fingerprint density at radius 1 is 1.03 bits per heavy atom. The summed E-state index contributed by atoms with van der Waals surface area (Å²) in [5, 5.41) is 5.71. The van der Waals surface area contributed by atoms with Crippen LogP contribution in [0.2, 0.25) is 0 Å². The van der Waals surface area contributed by atoms with Crippen molar-refractivity contribution in [2.75, 3.05) is 23.3 Å². The highest BCUT2D eigenvalue weighted by atomic mass is 16.2. The molecule has 3 amide bonds. The molecule has 2 aromatic carbocycles. The number of hydrogen-bond acceptors (Lipinski definition) is 3. The fourth-order valence-electron chi connectivity index (χ4n) is 3.12. The molecule has 1 aliphatic heterocycles. The van der Waals surface area contributed by atoms with Gasteiger partial charge in [-0.15, -0.1) is 0 Å². The largest absolute Gasteiger partial charge is 0.338 e. The highest BCUT2D eigenvalue weighted by Gasteiger charge is 2.19. The van der Waals surface area contributed by atoms with Gasteiger partial charge in [-0.3, -0.25) is 9.69 Å². The Kier molecular flexibility index (Phi) is 5.72. The summed E-state index contributed by atoms with van der Waals surface area (Å²) in [7, 11) is 0. The maximum Gasteiger partial charge on any atom is 0.321 e. The summed E-state index contributed by atoms with van der Waals surface area (Å²) in [6.45, 7) is 1.37. The van der Waals surface area contributed by atoms with Gasteiger partial charge in [-0.2, -0.15) is 0 Å². The first-order chi connectivity index (χ1) is 14.7. The number of nitrogens with zero attached hydrogens (tertiary/aromatic N) is 2. The molecule has 6 heteroatoms. The van der Waals surface area contributed by atoms with Gasteiger partial charge < -0.3 is 10.6 Å². The van der Waals surface area contributed by atoms with Gasteiger partial charge in [-0.25, -0.2) is 9.78 Å². The number of carbonyl (C=O) groups excluding carboxylic acids is 2. The molecule has 0 radical (unpaired) electrons. The molecule has 0 atom stereocenters. The fraction of sp³-hybridized carbons (Fsp3) is 0.125. The van der Waals surface area contributed by atoms with E-state index in [2.05, 4.69) is 27.5 Å². The van der Waals surface area contributed by atoms with Gasteiger partial charge in [0.05, 0.1) is 0 Å². The fourth-order valence-corrected chi connectivity index (χ4v) is 3.12. The van der Waals surface area contributed by atoms with Crippen molar-refractivity contribution in [2.45, 2.75) is 6.42 Å². The molecule has 1 aliphatic rings. The van der Waals surface area contributed by atoms with Crippen molar-refractivity contribution >= 4 is 23.3 Å². The maximum atomic E-state index is 12.6. The van der Waals surface area contributed by atoms with Crippen LogP contribution in [0.1, 0.15) is 28.0 Å². The monoisotopic (exact) mass is 396 g/mol. The number of rotatable bonds is 3. The van der Waals surface area contributed by atoms with Gasteiger partial charge in [0.1, 0.15) is 5.69 Å². The first kappa shape index (κ1) is 19.2. The number of urea groups is 1. The minimum absolute atomic E-state index is 0.109. The Balaban J connectivity index is 1.44. The van der Waals surface area contributed by atoms with E-state index >= 15 is 0 Å². The third-order valence-electron chi connectivity index (χ3n) is 4.64. The zero-order valence-corrected chi connectivity index (χ0v) is 16.3. The average molecular weight is 396 g/mol. The number of anilines is 2. The molecule has 0 unspecified atom stereocenters. The molecule has 2 heterocycles. The zero-order chi connectivity index (χ0) is 20.8. The lowest BCUT2D eigenvalue weighted by molar-refractivity contribution is 0.102. The molecule has 0 bridgehead atoms. The highest BCUT2D eigenvalue weighted by Crippen LogP contribution is 2.19. The summed E-state index contributed by atoms with van der Waals surface area (Å²) < 4.78 is 0. The van der Waals surface area contributed by atoms with E-state index in [1.54, 1.807) is 35.4 Å². The zero-order valence-electron chi connectivity index (χ0n) is 16.3. The predicted molar refractivity (Wildman–Crippen MR) is 116 cm³/mol. The second-order valence-corrected chi connectivity index (χ2v) is 6.78.